The van der Waals surface area contributed by atoms with E-state index < -0.39 is 6.10 Å². The first-order chi connectivity index (χ1) is 8.62. The van der Waals surface area contributed by atoms with E-state index in [1.165, 1.54) is 6.42 Å². The minimum Gasteiger partial charge on any atom is -0.466 e. The molecule has 18 heavy (non-hydrogen) atoms. The fourth-order valence-electron chi connectivity index (χ4n) is 2.44. The molecular formula is C13H25NO4. The maximum absolute atomic E-state index is 11.2. The highest BCUT2D eigenvalue weighted by molar-refractivity contribution is 5.69. The van der Waals surface area contributed by atoms with Gasteiger partial charge in [-0.15, -0.1) is 0 Å². The second kappa shape index (κ2) is 7.71. The molecule has 0 bridgehead atoms. The first kappa shape index (κ1) is 15.4. The summed E-state index contributed by atoms with van der Waals surface area (Å²) in [5.74, 6) is -0.381. The Morgan fingerprint density at radius 2 is 2.06 bits per heavy atom. The molecule has 3 N–H and O–H groups in total. The molecule has 0 heterocycles. The normalized spacial score (nSPS) is 20.4. The van der Waals surface area contributed by atoms with Crippen LogP contribution in [0.5, 0.6) is 0 Å². The van der Waals surface area contributed by atoms with Gasteiger partial charge in [0.25, 0.3) is 0 Å². The Morgan fingerprint density at radius 3 is 2.61 bits per heavy atom. The van der Waals surface area contributed by atoms with Crippen molar-refractivity contribution in [1.29, 1.82) is 0 Å². The maximum atomic E-state index is 11.2. The smallest absolute Gasteiger partial charge is 0.308 e. The van der Waals surface area contributed by atoms with Gasteiger partial charge >= 0.3 is 5.97 Å². The summed E-state index contributed by atoms with van der Waals surface area (Å²) >= 11 is 0. The molecule has 1 aliphatic rings. The monoisotopic (exact) mass is 259 g/mol. The molecule has 0 amide bonds. The van der Waals surface area contributed by atoms with E-state index in [0.717, 1.165) is 25.7 Å². The van der Waals surface area contributed by atoms with Crippen LogP contribution in [0, 0.1) is 0 Å². The topological polar surface area (TPSA) is 78.8 Å². The third-order valence-electron chi connectivity index (χ3n) is 3.53. The molecule has 1 saturated carbocycles. The number of carbonyl (C=O) groups excluding carboxylic acids is 1. The van der Waals surface area contributed by atoms with Crippen molar-refractivity contribution in [2.24, 2.45) is 0 Å². The molecule has 0 aromatic heterocycles. The largest absolute Gasteiger partial charge is 0.466 e. The number of nitrogens with one attached hydrogen (secondary N) is 1. The van der Waals surface area contributed by atoms with Crippen molar-refractivity contribution >= 4 is 5.97 Å². The molecule has 1 aliphatic carbocycles. The maximum Gasteiger partial charge on any atom is 0.308 e. The van der Waals surface area contributed by atoms with Crippen LogP contribution in [-0.4, -0.2) is 47.6 Å². The highest BCUT2D eigenvalue weighted by Gasteiger charge is 2.31. The number of hydrogen-bond acceptors (Lipinski definition) is 5. The molecule has 0 aromatic carbocycles. The Bertz CT molecular complexity index is 251. The van der Waals surface area contributed by atoms with Gasteiger partial charge in [-0.25, -0.2) is 0 Å². The average Bonchev–Trinajstić information content (AvgIpc) is 2.38. The number of β-amino-alcohol motifs (C(OH)–C–C–N with tert-alkyl or cyclic N) is 1. The van der Waals surface area contributed by atoms with Gasteiger partial charge in [-0.3, -0.25) is 4.79 Å². The van der Waals surface area contributed by atoms with Crippen LogP contribution in [0.15, 0.2) is 0 Å². The summed E-state index contributed by atoms with van der Waals surface area (Å²) < 4.78 is 4.78. The van der Waals surface area contributed by atoms with Gasteiger partial charge in [0.1, 0.15) is 0 Å². The average molecular weight is 259 g/mol. The lowest BCUT2D eigenvalue weighted by Gasteiger charge is -2.37. The summed E-state index contributed by atoms with van der Waals surface area (Å²) in [4.78, 5) is 11.2. The molecule has 5 nitrogen and oxygen atoms in total. The third-order valence-corrected chi connectivity index (χ3v) is 3.53. The van der Waals surface area contributed by atoms with E-state index in [1.807, 2.05) is 0 Å². The minimum absolute atomic E-state index is 0.00233. The zero-order valence-corrected chi connectivity index (χ0v) is 11.2. The summed E-state index contributed by atoms with van der Waals surface area (Å²) in [6.07, 6.45) is 4.50. The van der Waals surface area contributed by atoms with E-state index in [9.17, 15) is 15.0 Å². The van der Waals surface area contributed by atoms with Gasteiger partial charge in [-0.05, 0) is 19.8 Å². The van der Waals surface area contributed by atoms with Crippen molar-refractivity contribution in [3.8, 4) is 0 Å². The quantitative estimate of drug-likeness (QED) is 0.583. The number of aliphatic hydroxyl groups is 2. The molecule has 0 aromatic rings. The lowest BCUT2D eigenvalue weighted by Crippen LogP contribution is -2.52. The number of aliphatic hydroxyl groups excluding tert-OH is 2. The molecule has 1 unspecified atom stereocenters. The van der Waals surface area contributed by atoms with Gasteiger partial charge in [-0.1, -0.05) is 19.3 Å². The van der Waals surface area contributed by atoms with Crippen molar-refractivity contribution < 1.29 is 19.7 Å². The molecular weight excluding hydrogens is 234 g/mol. The van der Waals surface area contributed by atoms with E-state index in [0.29, 0.717) is 13.2 Å². The van der Waals surface area contributed by atoms with Crippen LogP contribution in [0.25, 0.3) is 0 Å². The van der Waals surface area contributed by atoms with E-state index in [1.54, 1.807) is 6.92 Å². The Morgan fingerprint density at radius 1 is 1.39 bits per heavy atom. The van der Waals surface area contributed by atoms with E-state index >= 15 is 0 Å². The fourth-order valence-corrected chi connectivity index (χ4v) is 2.44. The summed E-state index contributed by atoms with van der Waals surface area (Å²) in [5, 5.41) is 22.5. The van der Waals surface area contributed by atoms with Gasteiger partial charge in [0.05, 0.1) is 25.7 Å². The fraction of sp³-hybridized carbons (Fsp3) is 0.923. The zero-order valence-electron chi connectivity index (χ0n) is 11.2. The van der Waals surface area contributed by atoms with Crippen molar-refractivity contribution in [1.82, 2.24) is 5.32 Å². The second-order valence-corrected chi connectivity index (χ2v) is 5.04. The highest BCUT2D eigenvalue weighted by atomic mass is 16.5. The first-order valence-corrected chi connectivity index (χ1v) is 6.81. The standard InChI is InChI=1S/C13H25NO4/c1-2-18-12(17)8-11(16)9-14-13(10-15)6-4-3-5-7-13/h11,14-16H,2-10H2,1H3. The van der Waals surface area contributed by atoms with Crippen molar-refractivity contribution in [2.75, 3.05) is 19.8 Å². The van der Waals surface area contributed by atoms with Crippen molar-refractivity contribution in [3.05, 3.63) is 0 Å². The van der Waals surface area contributed by atoms with Gasteiger partial charge in [0.2, 0.25) is 0 Å². The van der Waals surface area contributed by atoms with E-state index in [4.69, 9.17) is 4.74 Å². The number of carbonyl (C=O) groups is 1. The van der Waals surface area contributed by atoms with Gasteiger partial charge in [0.15, 0.2) is 0 Å². The van der Waals surface area contributed by atoms with Crippen LogP contribution in [0.4, 0.5) is 0 Å². The van der Waals surface area contributed by atoms with Crippen LogP contribution < -0.4 is 5.32 Å². The van der Waals surface area contributed by atoms with Gasteiger partial charge < -0.3 is 20.3 Å². The number of esters is 1. The molecule has 5 heteroatoms. The van der Waals surface area contributed by atoms with Crippen LogP contribution >= 0.6 is 0 Å². The molecule has 1 atom stereocenters. The molecule has 106 valence electrons. The SMILES string of the molecule is CCOC(=O)CC(O)CNC1(CO)CCCCC1. The molecule has 0 aliphatic heterocycles. The Labute approximate surface area is 109 Å². The van der Waals surface area contributed by atoms with Crippen LogP contribution in [0.2, 0.25) is 0 Å². The Kier molecular flexibility index (Phi) is 6.60. The van der Waals surface area contributed by atoms with Crippen LogP contribution in [0.3, 0.4) is 0 Å². The first-order valence-electron chi connectivity index (χ1n) is 6.81. The highest BCUT2D eigenvalue weighted by Crippen LogP contribution is 2.27. The lowest BCUT2D eigenvalue weighted by atomic mass is 9.82. The molecule has 0 spiro atoms. The number of ether oxygens (including phenoxy) is 1. The van der Waals surface area contributed by atoms with Gasteiger partial charge in [0, 0.05) is 12.1 Å². The number of hydrogen-bond donors (Lipinski definition) is 3. The zero-order chi connectivity index (χ0) is 13.4. The van der Waals surface area contributed by atoms with E-state index in [2.05, 4.69) is 5.32 Å². The summed E-state index contributed by atoms with van der Waals surface area (Å²) in [6.45, 7) is 2.48. The molecule has 1 rings (SSSR count). The lowest BCUT2D eigenvalue weighted by molar-refractivity contribution is -0.145. The summed E-state index contributed by atoms with van der Waals surface area (Å²) in [7, 11) is 0. The van der Waals surface area contributed by atoms with Crippen LogP contribution in [0.1, 0.15) is 45.4 Å². The Hall–Kier alpha value is -0.650. The molecule has 0 radical (unpaired) electrons. The summed E-state index contributed by atoms with van der Waals surface area (Å²) in [5.41, 5.74) is -0.270. The predicted molar refractivity (Wildman–Crippen MR) is 68.2 cm³/mol. The molecule has 1 fully saturated rings. The number of rotatable bonds is 7. The van der Waals surface area contributed by atoms with E-state index in [-0.39, 0.29) is 24.5 Å². The van der Waals surface area contributed by atoms with Crippen molar-refractivity contribution in [2.45, 2.75) is 57.1 Å². The minimum atomic E-state index is -0.755. The van der Waals surface area contributed by atoms with Crippen LogP contribution in [-0.2, 0) is 9.53 Å². The Balaban J connectivity index is 2.31. The molecule has 0 saturated heterocycles. The van der Waals surface area contributed by atoms with Gasteiger partial charge in [-0.2, -0.15) is 0 Å². The predicted octanol–water partition coefficient (Wildman–Crippen LogP) is 0.585. The third kappa shape index (κ3) is 4.92. The second-order valence-electron chi connectivity index (χ2n) is 5.04. The van der Waals surface area contributed by atoms with Crippen molar-refractivity contribution in [3.63, 3.8) is 0 Å². The summed E-state index contributed by atoms with van der Waals surface area (Å²) in [6, 6.07) is 0.